The average Bonchev–Trinajstić information content (AvgIpc) is 3.09. The second kappa shape index (κ2) is 5.42. The Morgan fingerprint density at radius 3 is 2.76 bits per heavy atom. The van der Waals surface area contributed by atoms with Gasteiger partial charge in [0.1, 0.15) is 0 Å². The molecule has 3 rings (SSSR count). The first kappa shape index (κ1) is 14.5. The minimum absolute atomic E-state index is 0.0595. The van der Waals surface area contributed by atoms with Crippen molar-refractivity contribution in [2.45, 2.75) is 45.6 Å². The van der Waals surface area contributed by atoms with E-state index < -0.39 is 0 Å². The van der Waals surface area contributed by atoms with Crippen LogP contribution in [0.5, 0.6) is 0 Å². The van der Waals surface area contributed by atoms with E-state index in [9.17, 15) is 0 Å². The molecule has 0 saturated heterocycles. The van der Waals surface area contributed by atoms with E-state index in [1.807, 2.05) is 10.7 Å². The van der Waals surface area contributed by atoms with Gasteiger partial charge >= 0.3 is 0 Å². The highest BCUT2D eigenvalue weighted by Crippen LogP contribution is 2.30. The topological polar surface area (TPSA) is 42.2 Å². The molecule has 0 radical (unpaired) electrons. The molecular weight excluding hydrogens is 300 g/mol. The molecule has 3 aromatic heterocycles. The van der Waals surface area contributed by atoms with E-state index in [1.165, 1.54) is 4.88 Å². The van der Waals surface area contributed by atoms with E-state index in [1.54, 1.807) is 22.7 Å². The van der Waals surface area contributed by atoms with Crippen molar-refractivity contribution in [2.75, 3.05) is 5.32 Å². The van der Waals surface area contributed by atoms with Gasteiger partial charge in [0.05, 0.1) is 17.9 Å². The largest absolute Gasteiger partial charge is 0.352 e. The third-order valence-corrected chi connectivity index (χ3v) is 5.24. The minimum atomic E-state index is 0.0595. The summed E-state index contributed by atoms with van der Waals surface area (Å²) in [7, 11) is 0. The fourth-order valence-electron chi connectivity index (χ4n) is 2.13. The second-order valence-corrected chi connectivity index (χ2v) is 8.07. The Balaban J connectivity index is 1.83. The maximum atomic E-state index is 4.68. The molecule has 1 atom stereocenters. The van der Waals surface area contributed by atoms with Crippen molar-refractivity contribution in [1.82, 2.24) is 14.6 Å². The third-order valence-electron chi connectivity index (χ3n) is 3.40. The molecule has 4 nitrogen and oxygen atoms in total. The lowest BCUT2D eigenvalue weighted by molar-refractivity contribution is 0.572. The maximum absolute atomic E-state index is 4.68. The summed E-state index contributed by atoms with van der Waals surface area (Å²) in [4.78, 5) is 6.98. The quantitative estimate of drug-likeness (QED) is 0.757. The SMILES string of the molecule is CCC(Nc1nn2cc(C(C)(C)C)nc2s1)c1cccs1. The van der Waals surface area contributed by atoms with Crippen LogP contribution in [0.3, 0.4) is 0 Å². The summed E-state index contributed by atoms with van der Waals surface area (Å²) in [5.74, 6) is 0. The standard InChI is InChI=1S/C15H20N4S2/c1-5-10(11-7-6-8-20-11)16-13-18-19-9-12(15(2,3)4)17-14(19)21-13/h6-10H,5H2,1-4H3,(H,16,18). The van der Waals surface area contributed by atoms with Gasteiger partial charge in [0, 0.05) is 10.3 Å². The van der Waals surface area contributed by atoms with Gasteiger partial charge < -0.3 is 5.32 Å². The number of anilines is 1. The zero-order valence-electron chi connectivity index (χ0n) is 12.8. The maximum Gasteiger partial charge on any atom is 0.214 e. The molecule has 0 bridgehead atoms. The molecule has 0 aliphatic rings. The summed E-state index contributed by atoms with van der Waals surface area (Å²) in [6.45, 7) is 8.70. The Labute approximate surface area is 132 Å². The van der Waals surface area contributed by atoms with Crippen LogP contribution in [0.4, 0.5) is 5.13 Å². The molecule has 0 aliphatic carbocycles. The number of nitrogens with zero attached hydrogens (tertiary/aromatic N) is 3. The molecule has 0 spiro atoms. The number of thiophene rings is 1. The van der Waals surface area contributed by atoms with Crippen LogP contribution in [0.25, 0.3) is 4.96 Å². The number of fused-ring (bicyclic) bond motifs is 1. The first-order valence-electron chi connectivity index (χ1n) is 7.14. The Morgan fingerprint density at radius 2 is 2.19 bits per heavy atom. The van der Waals surface area contributed by atoms with Gasteiger partial charge in [0.15, 0.2) is 0 Å². The highest BCUT2D eigenvalue weighted by molar-refractivity contribution is 7.20. The van der Waals surface area contributed by atoms with Crippen molar-refractivity contribution >= 4 is 32.8 Å². The molecule has 0 aliphatic heterocycles. The van der Waals surface area contributed by atoms with Crippen LogP contribution in [0.15, 0.2) is 23.7 Å². The predicted octanol–water partition coefficient (Wildman–Crippen LogP) is 4.71. The number of hydrogen-bond acceptors (Lipinski definition) is 5. The molecule has 0 amide bonds. The number of imidazole rings is 1. The Bertz CT molecular complexity index is 687. The van der Waals surface area contributed by atoms with E-state index in [2.05, 4.69) is 60.6 Å². The van der Waals surface area contributed by atoms with E-state index in [0.717, 1.165) is 22.2 Å². The van der Waals surface area contributed by atoms with Crippen molar-refractivity contribution in [3.8, 4) is 0 Å². The fraction of sp³-hybridized carbons (Fsp3) is 0.467. The van der Waals surface area contributed by atoms with E-state index >= 15 is 0 Å². The van der Waals surface area contributed by atoms with E-state index in [-0.39, 0.29) is 5.41 Å². The number of hydrogen-bond donors (Lipinski definition) is 1. The van der Waals surface area contributed by atoms with Gasteiger partial charge in [-0.2, -0.15) is 0 Å². The summed E-state index contributed by atoms with van der Waals surface area (Å²) >= 11 is 3.39. The lowest BCUT2D eigenvalue weighted by Crippen LogP contribution is -2.11. The molecular formula is C15H20N4S2. The van der Waals surface area contributed by atoms with Crippen molar-refractivity contribution in [1.29, 1.82) is 0 Å². The van der Waals surface area contributed by atoms with Gasteiger partial charge in [0.25, 0.3) is 0 Å². The predicted molar refractivity (Wildman–Crippen MR) is 90.5 cm³/mol. The van der Waals surface area contributed by atoms with E-state index in [0.29, 0.717) is 6.04 Å². The van der Waals surface area contributed by atoms with Gasteiger partial charge in [-0.05, 0) is 17.9 Å². The first-order valence-corrected chi connectivity index (χ1v) is 8.83. The summed E-state index contributed by atoms with van der Waals surface area (Å²) in [6, 6.07) is 4.58. The molecule has 112 valence electrons. The van der Waals surface area contributed by atoms with Gasteiger partial charge in [-0.15, -0.1) is 16.4 Å². The number of aromatic nitrogens is 3. The van der Waals surface area contributed by atoms with Gasteiger partial charge in [-0.3, -0.25) is 0 Å². The molecule has 1 unspecified atom stereocenters. The van der Waals surface area contributed by atoms with Crippen LogP contribution >= 0.6 is 22.7 Å². The normalized spacial score (nSPS) is 13.7. The minimum Gasteiger partial charge on any atom is -0.352 e. The molecule has 3 heterocycles. The highest BCUT2D eigenvalue weighted by Gasteiger charge is 2.20. The second-order valence-electron chi connectivity index (χ2n) is 6.13. The average molecular weight is 320 g/mol. The van der Waals surface area contributed by atoms with Crippen molar-refractivity contribution in [3.63, 3.8) is 0 Å². The van der Waals surface area contributed by atoms with Crippen LogP contribution in [0.2, 0.25) is 0 Å². The summed E-state index contributed by atoms with van der Waals surface area (Å²) in [6.07, 6.45) is 3.07. The smallest absolute Gasteiger partial charge is 0.214 e. The lowest BCUT2D eigenvalue weighted by atomic mass is 9.93. The number of nitrogens with one attached hydrogen (secondary N) is 1. The van der Waals surface area contributed by atoms with Crippen LogP contribution in [0.1, 0.15) is 50.7 Å². The van der Waals surface area contributed by atoms with Gasteiger partial charge in [0.2, 0.25) is 10.1 Å². The molecule has 3 aromatic rings. The zero-order valence-corrected chi connectivity index (χ0v) is 14.4. The van der Waals surface area contributed by atoms with Crippen LogP contribution < -0.4 is 5.32 Å². The summed E-state index contributed by atoms with van der Waals surface area (Å²) in [5, 5.41) is 11.2. The first-order chi connectivity index (χ1) is 9.97. The molecule has 1 N–H and O–H groups in total. The van der Waals surface area contributed by atoms with Crippen LogP contribution in [-0.2, 0) is 5.41 Å². The molecule has 6 heteroatoms. The van der Waals surface area contributed by atoms with Gasteiger partial charge in [-0.25, -0.2) is 9.50 Å². The molecule has 0 aromatic carbocycles. The van der Waals surface area contributed by atoms with Crippen molar-refractivity contribution in [3.05, 3.63) is 34.3 Å². The Morgan fingerprint density at radius 1 is 1.38 bits per heavy atom. The fourth-order valence-corrected chi connectivity index (χ4v) is 3.83. The van der Waals surface area contributed by atoms with Gasteiger partial charge in [-0.1, -0.05) is 45.1 Å². The summed E-state index contributed by atoms with van der Waals surface area (Å²) < 4.78 is 1.88. The van der Waals surface area contributed by atoms with Crippen molar-refractivity contribution in [2.24, 2.45) is 0 Å². The zero-order chi connectivity index (χ0) is 15.0. The Hall–Kier alpha value is -1.40. The Kier molecular flexibility index (Phi) is 3.75. The van der Waals surface area contributed by atoms with Crippen molar-refractivity contribution < 1.29 is 0 Å². The highest BCUT2D eigenvalue weighted by atomic mass is 32.1. The van der Waals surface area contributed by atoms with Crippen LogP contribution in [-0.4, -0.2) is 14.6 Å². The van der Waals surface area contributed by atoms with Crippen LogP contribution in [0, 0.1) is 0 Å². The lowest BCUT2D eigenvalue weighted by Gasteiger charge is -2.14. The molecule has 0 saturated carbocycles. The number of rotatable bonds is 4. The summed E-state index contributed by atoms with van der Waals surface area (Å²) in [5.41, 5.74) is 1.14. The molecule has 0 fully saturated rings. The molecule has 21 heavy (non-hydrogen) atoms. The van der Waals surface area contributed by atoms with E-state index in [4.69, 9.17) is 0 Å². The third kappa shape index (κ3) is 2.96. The monoisotopic (exact) mass is 320 g/mol.